The van der Waals surface area contributed by atoms with Crippen molar-refractivity contribution in [1.82, 2.24) is 25.5 Å². The third-order valence-electron chi connectivity index (χ3n) is 4.20. The van der Waals surface area contributed by atoms with Crippen molar-refractivity contribution in [2.75, 3.05) is 33.4 Å². The molecule has 2 heterocycles. The minimum absolute atomic E-state index is 0.364. The molecular weight excluding hydrogens is 366 g/mol. The maximum Gasteiger partial charge on any atom is 0.321 e. The summed E-state index contributed by atoms with van der Waals surface area (Å²) in [6, 6.07) is 7.23. The first-order chi connectivity index (χ1) is 13.1. The van der Waals surface area contributed by atoms with Gasteiger partial charge in [0, 0.05) is 25.5 Å². The number of benzene rings is 1. The molecule has 3 rings (SSSR count). The standard InChI is InChI=1S/C18H23N5O3S/c1-12(16(24)22-18(25)19-2)27-17-13-5-3-4-6-14(13)20-15(21-17)11-23-7-9-26-10-8-23/h3-6,12H,7-11H2,1-2H3,(H2,19,22,24,25). The highest BCUT2D eigenvalue weighted by Crippen LogP contribution is 2.29. The summed E-state index contributed by atoms with van der Waals surface area (Å²) >= 11 is 1.32. The quantitative estimate of drug-likeness (QED) is 0.589. The fraction of sp³-hybridized carbons (Fsp3) is 0.444. The molecular formula is C18H23N5O3S. The van der Waals surface area contributed by atoms with Gasteiger partial charge in [0.2, 0.25) is 5.91 Å². The summed E-state index contributed by atoms with van der Waals surface area (Å²) in [6.07, 6.45) is 0. The molecule has 1 aromatic carbocycles. The fourth-order valence-corrected chi connectivity index (χ4v) is 3.67. The molecule has 1 aliphatic heterocycles. The van der Waals surface area contributed by atoms with Crippen molar-refractivity contribution in [3.63, 3.8) is 0 Å². The van der Waals surface area contributed by atoms with E-state index in [0.717, 1.165) is 34.8 Å². The first-order valence-corrected chi connectivity index (χ1v) is 9.70. The zero-order chi connectivity index (χ0) is 19.2. The zero-order valence-corrected chi connectivity index (χ0v) is 16.2. The lowest BCUT2D eigenvalue weighted by Gasteiger charge is -2.26. The van der Waals surface area contributed by atoms with Gasteiger partial charge in [-0.3, -0.25) is 15.0 Å². The second-order valence-electron chi connectivity index (χ2n) is 6.18. The van der Waals surface area contributed by atoms with Crippen molar-refractivity contribution in [2.24, 2.45) is 0 Å². The van der Waals surface area contributed by atoms with Gasteiger partial charge in [0.25, 0.3) is 0 Å². The number of rotatable bonds is 5. The number of hydrogen-bond acceptors (Lipinski definition) is 7. The first-order valence-electron chi connectivity index (χ1n) is 8.82. The highest BCUT2D eigenvalue weighted by Gasteiger charge is 2.20. The van der Waals surface area contributed by atoms with Gasteiger partial charge in [0.15, 0.2) is 0 Å². The van der Waals surface area contributed by atoms with Crippen LogP contribution < -0.4 is 10.6 Å². The van der Waals surface area contributed by atoms with E-state index in [0.29, 0.717) is 19.8 Å². The summed E-state index contributed by atoms with van der Waals surface area (Å²) in [5.41, 5.74) is 0.845. The van der Waals surface area contributed by atoms with Gasteiger partial charge in [-0.1, -0.05) is 30.0 Å². The van der Waals surface area contributed by atoms with Gasteiger partial charge in [-0.15, -0.1) is 0 Å². The Balaban J connectivity index is 1.81. The second-order valence-corrected chi connectivity index (χ2v) is 7.51. The number of urea groups is 1. The average Bonchev–Trinajstić information content (AvgIpc) is 2.68. The van der Waals surface area contributed by atoms with Crippen molar-refractivity contribution < 1.29 is 14.3 Å². The SMILES string of the molecule is CNC(=O)NC(=O)C(C)Sc1nc(CN2CCOCC2)nc2ccccc12. The Kier molecular flexibility index (Phi) is 6.59. The predicted octanol–water partition coefficient (Wildman–Crippen LogP) is 1.40. The number of aromatic nitrogens is 2. The molecule has 9 heteroatoms. The van der Waals surface area contributed by atoms with Crippen LogP contribution in [0.4, 0.5) is 4.79 Å². The van der Waals surface area contributed by atoms with Gasteiger partial charge in [0.1, 0.15) is 10.9 Å². The van der Waals surface area contributed by atoms with E-state index in [1.165, 1.54) is 18.8 Å². The fourth-order valence-electron chi connectivity index (χ4n) is 2.71. The number of imide groups is 1. The van der Waals surface area contributed by atoms with Crippen LogP contribution in [-0.2, 0) is 16.1 Å². The van der Waals surface area contributed by atoms with Crippen LogP contribution in [0.15, 0.2) is 29.3 Å². The van der Waals surface area contributed by atoms with E-state index in [-0.39, 0.29) is 5.91 Å². The topological polar surface area (TPSA) is 96.5 Å². The summed E-state index contributed by atoms with van der Waals surface area (Å²) in [7, 11) is 1.47. The highest BCUT2D eigenvalue weighted by atomic mass is 32.2. The van der Waals surface area contributed by atoms with Crippen LogP contribution in [0.1, 0.15) is 12.7 Å². The lowest BCUT2D eigenvalue weighted by Crippen LogP contribution is -2.41. The minimum Gasteiger partial charge on any atom is -0.379 e. The number of fused-ring (bicyclic) bond motifs is 1. The van der Waals surface area contributed by atoms with Crippen LogP contribution >= 0.6 is 11.8 Å². The normalized spacial score (nSPS) is 16.1. The number of nitrogens with zero attached hydrogens (tertiary/aromatic N) is 3. The number of para-hydroxylation sites is 1. The average molecular weight is 389 g/mol. The molecule has 1 aliphatic rings. The molecule has 1 fully saturated rings. The third kappa shape index (κ3) is 5.15. The van der Waals surface area contributed by atoms with Crippen molar-refractivity contribution >= 4 is 34.6 Å². The molecule has 0 radical (unpaired) electrons. The number of amides is 3. The molecule has 0 bridgehead atoms. The van der Waals surface area contributed by atoms with E-state index < -0.39 is 11.3 Å². The molecule has 1 saturated heterocycles. The molecule has 0 spiro atoms. The number of thioether (sulfide) groups is 1. The largest absolute Gasteiger partial charge is 0.379 e. The summed E-state index contributed by atoms with van der Waals surface area (Å²) < 4.78 is 5.39. The van der Waals surface area contributed by atoms with E-state index in [9.17, 15) is 9.59 Å². The first kappa shape index (κ1) is 19.5. The van der Waals surface area contributed by atoms with Crippen molar-refractivity contribution in [2.45, 2.75) is 23.7 Å². The van der Waals surface area contributed by atoms with Gasteiger partial charge >= 0.3 is 6.03 Å². The summed E-state index contributed by atoms with van der Waals surface area (Å²) in [4.78, 5) is 35.2. The molecule has 2 aromatic rings. The molecule has 27 heavy (non-hydrogen) atoms. The van der Waals surface area contributed by atoms with Gasteiger partial charge in [0.05, 0.1) is 30.5 Å². The van der Waals surface area contributed by atoms with Gasteiger partial charge in [-0.2, -0.15) is 0 Å². The van der Waals surface area contributed by atoms with Crippen LogP contribution in [0, 0.1) is 0 Å². The van der Waals surface area contributed by atoms with E-state index in [4.69, 9.17) is 9.72 Å². The number of nitrogens with one attached hydrogen (secondary N) is 2. The molecule has 1 atom stereocenters. The van der Waals surface area contributed by atoms with Crippen molar-refractivity contribution in [3.05, 3.63) is 30.1 Å². The Bertz CT molecular complexity index is 826. The molecule has 1 aromatic heterocycles. The molecule has 8 nitrogen and oxygen atoms in total. The smallest absolute Gasteiger partial charge is 0.321 e. The second kappa shape index (κ2) is 9.12. The molecule has 0 saturated carbocycles. The van der Waals surface area contributed by atoms with Crippen molar-refractivity contribution in [3.8, 4) is 0 Å². The van der Waals surface area contributed by atoms with E-state index >= 15 is 0 Å². The third-order valence-corrected chi connectivity index (χ3v) is 5.31. The molecule has 144 valence electrons. The van der Waals surface area contributed by atoms with Crippen molar-refractivity contribution in [1.29, 1.82) is 0 Å². The molecule has 1 unspecified atom stereocenters. The molecule has 0 aliphatic carbocycles. The number of ether oxygens (including phenoxy) is 1. The van der Waals surface area contributed by atoms with Crippen LogP contribution in [0.25, 0.3) is 10.9 Å². The highest BCUT2D eigenvalue weighted by molar-refractivity contribution is 8.00. The Morgan fingerprint density at radius 3 is 2.74 bits per heavy atom. The number of hydrogen-bond donors (Lipinski definition) is 2. The van der Waals surface area contributed by atoms with E-state index in [1.54, 1.807) is 6.92 Å². The van der Waals surface area contributed by atoms with E-state index in [2.05, 4.69) is 20.5 Å². The van der Waals surface area contributed by atoms with E-state index in [1.807, 2.05) is 24.3 Å². The number of morpholine rings is 1. The zero-order valence-electron chi connectivity index (χ0n) is 15.4. The Morgan fingerprint density at radius 1 is 1.26 bits per heavy atom. The summed E-state index contributed by atoms with van der Waals surface area (Å²) in [5.74, 6) is 0.355. The van der Waals surface area contributed by atoms with Gasteiger partial charge < -0.3 is 10.1 Å². The Labute approximate surface area is 162 Å². The number of carbonyl (C=O) groups is 2. The maximum absolute atomic E-state index is 12.2. The Morgan fingerprint density at radius 2 is 2.00 bits per heavy atom. The lowest BCUT2D eigenvalue weighted by molar-refractivity contribution is -0.119. The van der Waals surface area contributed by atoms with Crippen LogP contribution in [0.2, 0.25) is 0 Å². The van der Waals surface area contributed by atoms with Crippen LogP contribution in [0.3, 0.4) is 0 Å². The van der Waals surface area contributed by atoms with Gasteiger partial charge in [-0.25, -0.2) is 14.8 Å². The van der Waals surface area contributed by atoms with Gasteiger partial charge in [-0.05, 0) is 13.0 Å². The summed E-state index contributed by atoms with van der Waals surface area (Å²) in [6.45, 7) is 5.52. The molecule has 3 amide bonds. The number of carbonyl (C=O) groups excluding carboxylic acids is 2. The maximum atomic E-state index is 12.2. The minimum atomic E-state index is -0.520. The Hall–Kier alpha value is -2.23. The summed E-state index contributed by atoms with van der Waals surface area (Å²) in [5, 5.41) is 5.84. The monoisotopic (exact) mass is 389 g/mol. The van der Waals surface area contributed by atoms with Crippen LogP contribution in [-0.4, -0.2) is 65.4 Å². The lowest BCUT2D eigenvalue weighted by atomic mass is 10.2. The molecule has 2 N–H and O–H groups in total. The van der Waals surface area contributed by atoms with Crippen LogP contribution in [0.5, 0.6) is 0 Å². The predicted molar refractivity (Wildman–Crippen MR) is 104 cm³/mol.